The zero-order valence-electron chi connectivity index (χ0n) is 12.0. The molecule has 2 unspecified atom stereocenters. The summed E-state index contributed by atoms with van der Waals surface area (Å²) in [6, 6.07) is 9.97. The zero-order valence-corrected chi connectivity index (χ0v) is 12.0. The summed E-state index contributed by atoms with van der Waals surface area (Å²) in [5, 5.41) is 0. The summed E-state index contributed by atoms with van der Waals surface area (Å²) in [7, 11) is 0. The van der Waals surface area contributed by atoms with Crippen LogP contribution < -0.4 is 0 Å². The SMILES string of the molecule is CCC1COC(C)(CC=O)C(=O)N1Cc1ccccc1. The summed E-state index contributed by atoms with van der Waals surface area (Å²) in [6.45, 7) is 4.80. The predicted octanol–water partition coefficient (Wildman–Crippen LogP) is 2.17. The van der Waals surface area contributed by atoms with Crippen molar-refractivity contribution >= 4 is 12.2 Å². The Hall–Kier alpha value is -1.68. The quantitative estimate of drug-likeness (QED) is 0.774. The van der Waals surface area contributed by atoms with Crippen molar-refractivity contribution in [3.63, 3.8) is 0 Å². The first kappa shape index (κ1) is 14.7. The Morgan fingerprint density at radius 3 is 2.70 bits per heavy atom. The van der Waals surface area contributed by atoms with Crippen LogP contribution in [0, 0.1) is 0 Å². The Kier molecular flexibility index (Phi) is 4.55. The molecule has 1 aromatic carbocycles. The molecular weight excluding hydrogens is 254 g/mol. The standard InChI is InChI=1S/C16H21NO3/c1-3-14-12-20-16(2,9-10-18)15(19)17(14)11-13-7-5-4-6-8-13/h4-8,10,14H,3,9,11-12H2,1-2H3. The van der Waals surface area contributed by atoms with Gasteiger partial charge in [0.1, 0.15) is 6.29 Å². The molecule has 2 atom stereocenters. The van der Waals surface area contributed by atoms with Crippen LogP contribution in [0.1, 0.15) is 32.3 Å². The van der Waals surface area contributed by atoms with Gasteiger partial charge in [-0.2, -0.15) is 0 Å². The fourth-order valence-corrected chi connectivity index (χ4v) is 2.53. The van der Waals surface area contributed by atoms with Gasteiger partial charge in [0.2, 0.25) is 0 Å². The molecule has 1 heterocycles. The van der Waals surface area contributed by atoms with Crippen molar-refractivity contribution in [1.29, 1.82) is 0 Å². The van der Waals surface area contributed by atoms with Gasteiger partial charge in [0.15, 0.2) is 5.60 Å². The van der Waals surface area contributed by atoms with Crippen molar-refractivity contribution in [2.75, 3.05) is 6.61 Å². The van der Waals surface area contributed by atoms with E-state index in [0.29, 0.717) is 13.2 Å². The van der Waals surface area contributed by atoms with Gasteiger partial charge in [0.25, 0.3) is 5.91 Å². The second-order valence-corrected chi connectivity index (χ2v) is 5.39. The molecule has 108 valence electrons. The number of carbonyl (C=O) groups is 2. The lowest BCUT2D eigenvalue weighted by molar-refractivity contribution is -0.179. The number of benzene rings is 1. The average molecular weight is 275 g/mol. The lowest BCUT2D eigenvalue weighted by Gasteiger charge is -2.43. The molecular formula is C16H21NO3. The molecule has 1 saturated heterocycles. The smallest absolute Gasteiger partial charge is 0.255 e. The minimum Gasteiger partial charge on any atom is -0.363 e. The van der Waals surface area contributed by atoms with E-state index in [1.54, 1.807) is 6.92 Å². The van der Waals surface area contributed by atoms with Crippen LogP contribution in [0.15, 0.2) is 30.3 Å². The molecule has 1 fully saturated rings. The van der Waals surface area contributed by atoms with Crippen LogP contribution in [0.5, 0.6) is 0 Å². The number of ether oxygens (including phenoxy) is 1. The van der Waals surface area contributed by atoms with E-state index < -0.39 is 5.60 Å². The van der Waals surface area contributed by atoms with E-state index in [1.165, 1.54) is 0 Å². The van der Waals surface area contributed by atoms with Crippen LogP contribution in [0.2, 0.25) is 0 Å². The van der Waals surface area contributed by atoms with Crippen LogP contribution in [-0.2, 0) is 20.9 Å². The molecule has 20 heavy (non-hydrogen) atoms. The molecule has 0 aliphatic carbocycles. The lowest BCUT2D eigenvalue weighted by atomic mass is 9.96. The van der Waals surface area contributed by atoms with Gasteiger partial charge in [0.05, 0.1) is 12.6 Å². The van der Waals surface area contributed by atoms with Crippen LogP contribution in [-0.4, -0.2) is 35.3 Å². The summed E-state index contributed by atoms with van der Waals surface area (Å²) >= 11 is 0. The van der Waals surface area contributed by atoms with E-state index in [-0.39, 0.29) is 18.4 Å². The molecule has 1 amide bonds. The van der Waals surface area contributed by atoms with Crippen molar-refractivity contribution in [3.8, 4) is 0 Å². The Balaban J connectivity index is 2.21. The highest BCUT2D eigenvalue weighted by Crippen LogP contribution is 2.28. The minimum absolute atomic E-state index is 0.0717. The summed E-state index contributed by atoms with van der Waals surface area (Å²) in [5.74, 6) is -0.0912. The monoisotopic (exact) mass is 275 g/mol. The number of amides is 1. The van der Waals surface area contributed by atoms with Gasteiger partial charge in [-0.05, 0) is 18.9 Å². The Morgan fingerprint density at radius 2 is 2.10 bits per heavy atom. The maximum Gasteiger partial charge on any atom is 0.255 e. The van der Waals surface area contributed by atoms with E-state index in [9.17, 15) is 9.59 Å². The second-order valence-electron chi connectivity index (χ2n) is 5.39. The maximum atomic E-state index is 12.7. The topological polar surface area (TPSA) is 46.6 Å². The third kappa shape index (κ3) is 2.90. The van der Waals surface area contributed by atoms with Crippen LogP contribution in [0.4, 0.5) is 0 Å². The highest BCUT2D eigenvalue weighted by molar-refractivity contribution is 5.88. The summed E-state index contributed by atoms with van der Waals surface area (Å²) in [5.41, 5.74) is 0.0806. The second kappa shape index (κ2) is 6.18. The molecule has 2 rings (SSSR count). The van der Waals surface area contributed by atoms with E-state index in [1.807, 2.05) is 42.2 Å². The molecule has 4 nitrogen and oxygen atoms in total. The molecule has 1 aliphatic heterocycles. The van der Waals surface area contributed by atoms with Crippen molar-refractivity contribution in [3.05, 3.63) is 35.9 Å². The normalized spacial score (nSPS) is 26.6. The van der Waals surface area contributed by atoms with Crippen LogP contribution in [0.25, 0.3) is 0 Å². The van der Waals surface area contributed by atoms with Crippen molar-refractivity contribution in [2.24, 2.45) is 0 Å². The molecule has 0 N–H and O–H groups in total. The lowest BCUT2D eigenvalue weighted by Crippen LogP contribution is -2.59. The summed E-state index contributed by atoms with van der Waals surface area (Å²) < 4.78 is 5.67. The van der Waals surface area contributed by atoms with Gasteiger partial charge >= 0.3 is 0 Å². The van der Waals surface area contributed by atoms with Gasteiger partial charge in [-0.15, -0.1) is 0 Å². The van der Waals surface area contributed by atoms with Gasteiger partial charge in [-0.25, -0.2) is 0 Å². The van der Waals surface area contributed by atoms with Crippen molar-refractivity contribution in [2.45, 2.75) is 44.9 Å². The van der Waals surface area contributed by atoms with Crippen LogP contribution >= 0.6 is 0 Å². The first-order chi connectivity index (χ1) is 9.60. The largest absolute Gasteiger partial charge is 0.363 e. The highest BCUT2D eigenvalue weighted by atomic mass is 16.5. The molecule has 0 spiro atoms. The zero-order chi connectivity index (χ0) is 14.6. The van der Waals surface area contributed by atoms with E-state index >= 15 is 0 Å². The summed E-state index contributed by atoms with van der Waals surface area (Å²) in [4.78, 5) is 25.3. The van der Waals surface area contributed by atoms with E-state index in [4.69, 9.17) is 4.74 Å². The van der Waals surface area contributed by atoms with Gasteiger partial charge in [-0.3, -0.25) is 4.79 Å². The third-order valence-electron chi connectivity index (χ3n) is 3.89. The molecule has 0 saturated carbocycles. The highest BCUT2D eigenvalue weighted by Gasteiger charge is 2.44. The average Bonchev–Trinajstić information content (AvgIpc) is 2.46. The number of hydrogen-bond acceptors (Lipinski definition) is 3. The number of nitrogens with zero attached hydrogens (tertiary/aromatic N) is 1. The fraction of sp³-hybridized carbons (Fsp3) is 0.500. The molecule has 0 bridgehead atoms. The number of aldehydes is 1. The molecule has 0 aromatic heterocycles. The minimum atomic E-state index is -1.01. The number of rotatable bonds is 5. The van der Waals surface area contributed by atoms with E-state index in [2.05, 4.69) is 0 Å². The van der Waals surface area contributed by atoms with Gasteiger partial charge < -0.3 is 14.4 Å². The Bertz CT molecular complexity index is 474. The number of carbonyl (C=O) groups excluding carboxylic acids is 2. The van der Waals surface area contributed by atoms with E-state index in [0.717, 1.165) is 18.3 Å². The molecule has 1 aliphatic rings. The molecule has 1 aromatic rings. The van der Waals surface area contributed by atoms with Crippen molar-refractivity contribution < 1.29 is 14.3 Å². The fourth-order valence-electron chi connectivity index (χ4n) is 2.53. The first-order valence-corrected chi connectivity index (χ1v) is 7.03. The Morgan fingerprint density at radius 1 is 1.40 bits per heavy atom. The van der Waals surface area contributed by atoms with Gasteiger partial charge in [-0.1, -0.05) is 37.3 Å². The third-order valence-corrected chi connectivity index (χ3v) is 3.89. The Labute approximate surface area is 119 Å². The van der Waals surface area contributed by atoms with Crippen LogP contribution in [0.3, 0.4) is 0 Å². The maximum absolute atomic E-state index is 12.7. The number of morpholine rings is 1. The molecule has 0 radical (unpaired) electrons. The first-order valence-electron chi connectivity index (χ1n) is 7.03. The van der Waals surface area contributed by atoms with Crippen molar-refractivity contribution in [1.82, 2.24) is 4.90 Å². The predicted molar refractivity (Wildman–Crippen MR) is 76.1 cm³/mol. The summed E-state index contributed by atoms with van der Waals surface area (Å²) in [6.07, 6.45) is 1.70. The number of hydrogen-bond donors (Lipinski definition) is 0. The molecule has 4 heteroatoms. The van der Waals surface area contributed by atoms with Gasteiger partial charge in [0, 0.05) is 13.0 Å².